The fourth-order valence-electron chi connectivity index (χ4n) is 2.27. The number of hydrogen-bond donors (Lipinski definition) is 1. The van der Waals surface area contributed by atoms with E-state index in [4.69, 9.17) is 4.74 Å². The van der Waals surface area contributed by atoms with Crippen molar-refractivity contribution in [3.8, 4) is 0 Å². The first kappa shape index (κ1) is 12.4. The minimum Gasteiger partial charge on any atom is -0.382 e. The third-order valence-electron chi connectivity index (χ3n) is 3.26. The smallest absolute Gasteiger partial charge is 0.0788 e. The van der Waals surface area contributed by atoms with E-state index < -0.39 is 0 Å². The lowest BCUT2D eigenvalue weighted by Gasteiger charge is -2.26. The van der Waals surface area contributed by atoms with Crippen LogP contribution in [0.15, 0.2) is 24.3 Å². The second-order valence-corrected chi connectivity index (χ2v) is 5.27. The molecule has 1 aliphatic heterocycles. The molecule has 0 aliphatic carbocycles. The second-order valence-electron chi connectivity index (χ2n) is 5.27. The third kappa shape index (κ3) is 3.74. The van der Waals surface area contributed by atoms with Crippen LogP contribution in [0.2, 0.25) is 0 Å². The van der Waals surface area contributed by atoms with Crippen molar-refractivity contribution >= 4 is 5.69 Å². The third-order valence-corrected chi connectivity index (χ3v) is 3.26. The predicted octanol–water partition coefficient (Wildman–Crippen LogP) is 3.48. The average molecular weight is 233 g/mol. The Bertz CT molecular complexity index is 349. The molecule has 17 heavy (non-hydrogen) atoms. The molecule has 1 N–H and O–H groups in total. The van der Waals surface area contributed by atoms with Gasteiger partial charge in [-0.15, -0.1) is 0 Å². The van der Waals surface area contributed by atoms with E-state index in [0.717, 1.165) is 25.5 Å². The zero-order valence-corrected chi connectivity index (χ0v) is 10.9. The Labute approximate surface area is 104 Å². The van der Waals surface area contributed by atoms with Crippen molar-refractivity contribution in [3.63, 3.8) is 0 Å². The van der Waals surface area contributed by atoms with E-state index in [9.17, 15) is 0 Å². The Kier molecular flexibility index (Phi) is 4.43. The van der Waals surface area contributed by atoms with Crippen molar-refractivity contribution in [2.45, 2.75) is 39.2 Å². The van der Waals surface area contributed by atoms with Gasteiger partial charge in [-0.3, -0.25) is 0 Å². The van der Waals surface area contributed by atoms with Crippen LogP contribution < -0.4 is 5.32 Å². The standard InChI is InChI=1S/C15H23NO/c1-12(2)6-5-9-17-14-10-13-7-3-4-8-15(13)16-11-14/h3-4,7-8,12,14,16H,5-6,9-11H2,1-2H3. The van der Waals surface area contributed by atoms with E-state index in [1.165, 1.54) is 24.1 Å². The molecular weight excluding hydrogens is 210 g/mol. The molecule has 0 saturated heterocycles. The maximum absolute atomic E-state index is 5.93. The van der Waals surface area contributed by atoms with Crippen LogP contribution in [0.3, 0.4) is 0 Å². The summed E-state index contributed by atoms with van der Waals surface area (Å²) in [5.74, 6) is 0.781. The Morgan fingerprint density at radius 3 is 3.00 bits per heavy atom. The fourth-order valence-corrected chi connectivity index (χ4v) is 2.27. The maximum atomic E-state index is 5.93. The van der Waals surface area contributed by atoms with Crippen LogP contribution in [0.1, 0.15) is 32.3 Å². The molecular formula is C15H23NO. The van der Waals surface area contributed by atoms with Gasteiger partial charge in [-0.2, -0.15) is 0 Å². The summed E-state index contributed by atoms with van der Waals surface area (Å²) in [5, 5.41) is 3.44. The number of ether oxygens (including phenoxy) is 1. The molecule has 1 aliphatic rings. The molecule has 0 radical (unpaired) electrons. The molecule has 2 rings (SSSR count). The molecule has 1 aromatic carbocycles. The van der Waals surface area contributed by atoms with Gasteiger partial charge in [0.1, 0.15) is 0 Å². The van der Waals surface area contributed by atoms with Crippen LogP contribution in [0.4, 0.5) is 5.69 Å². The van der Waals surface area contributed by atoms with Crippen LogP contribution in [0, 0.1) is 5.92 Å². The number of rotatable bonds is 5. The lowest BCUT2D eigenvalue weighted by molar-refractivity contribution is 0.0563. The van der Waals surface area contributed by atoms with E-state index >= 15 is 0 Å². The van der Waals surface area contributed by atoms with E-state index in [1.54, 1.807) is 0 Å². The van der Waals surface area contributed by atoms with Gasteiger partial charge in [0, 0.05) is 25.3 Å². The van der Waals surface area contributed by atoms with E-state index in [2.05, 4.69) is 43.4 Å². The summed E-state index contributed by atoms with van der Waals surface area (Å²) in [6.07, 6.45) is 3.83. The molecule has 0 amide bonds. The van der Waals surface area contributed by atoms with Crippen LogP contribution in [0.5, 0.6) is 0 Å². The van der Waals surface area contributed by atoms with Gasteiger partial charge < -0.3 is 10.1 Å². The van der Waals surface area contributed by atoms with Gasteiger partial charge in [0.25, 0.3) is 0 Å². The summed E-state index contributed by atoms with van der Waals surface area (Å²) in [4.78, 5) is 0. The number of para-hydroxylation sites is 1. The molecule has 0 fully saturated rings. The van der Waals surface area contributed by atoms with Crippen molar-refractivity contribution in [1.82, 2.24) is 0 Å². The van der Waals surface area contributed by atoms with Crippen LogP contribution >= 0.6 is 0 Å². The molecule has 2 nitrogen and oxygen atoms in total. The van der Waals surface area contributed by atoms with Gasteiger partial charge >= 0.3 is 0 Å². The molecule has 0 saturated carbocycles. The van der Waals surface area contributed by atoms with Crippen molar-refractivity contribution in [3.05, 3.63) is 29.8 Å². The Balaban J connectivity index is 1.75. The van der Waals surface area contributed by atoms with Gasteiger partial charge in [0.15, 0.2) is 0 Å². The average Bonchev–Trinajstić information content (AvgIpc) is 2.34. The summed E-state index contributed by atoms with van der Waals surface area (Å²) in [5.41, 5.74) is 2.65. The molecule has 1 atom stereocenters. The molecule has 1 unspecified atom stereocenters. The Hall–Kier alpha value is -1.02. The first-order valence-electron chi connectivity index (χ1n) is 6.69. The first-order valence-corrected chi connectivity index (χ1v) is 6.69. The van der Waals surface area contributed by atoms with Gasteiger partial charge in [0.2, 0.25) is 0 Å². The summed E-state index contributed by atoms with van der Waals surface area (Å²) in [7, 11) is 0. The van der Waals surface area contributed by atoms with E-state index in [-0.39, 0.29) is 0 Å². The number of hydrogen-bond acceptors (Lipinski definition) is 2. The highest BCUT2D eigenvalue weighted by atomic mass is 16.5. The maximum Gasteiger partial charge on any atom is 0.0788 e. The lowest BCUT2D eigenvalue weighted by Crippen LogP contribution is -2.30. The Morgan fingerprint density at radius 2 is 2.18 bits per heavy atom. The van der Waals surface area contributed by atoms with Gasteiger partial charge in [-0.25, -0.2) is 0 Å². The number of nitrogens with one attached hydrogen (secondary N) is 1. The molecule has 1 heterocycles. The molecule has 0 aromatic heterocycles. The number of benzene rings is 1. The first-order chi connectivity index (χ1) is 8.25. The molecule has 0 spiro atoms. The SMILES string of the molecule is CC(C)CCCOC1CNc2ccccc2C1. The minimum atomic E-state index is 0.345. The monoisotopic (exact) mass is 233 g/mol. The number of fused-ring (bicyclic) bond motifs is 1. The van der Waals surface area contributed by atoms with Crippen molar-refractivity contribution in [1.29, 1.82) is 0 Å². The van der Waals surface area contributed by atoms with E-state index in [1.807, 2.05) is 0 Å². The predicted molar refractivity (Wildman–Crippen MR) is 72.4 cm³/mol. The quantitative estimate of drug-likeness (QED) is 0.786. The number of anilines is 1. The zero-order chi connectivity index (χ0) is 12.1. The van der Waals surface area contributed by atoms with Crippen molar-refractivity contribution in [2.75, 3.05) is 18.5 Å². The highest BCUT2D eigenvalue weighted by Gasteiger charge is 2.17. The highest BCUT2D eigenvalue weighted by molar-refractivity contribution is 5.53. The summed E-state index contributed by atoms with van der Waals surface area (Å²) >= 11 is 0. The topological polar surface area (TPSA) is 21.3 Å². The summed E-state index contributed by atoms with van der Waals surface area (Å²) in [6.45, 7) is 6.36. The van der Waals surface area contributed by atoms with E-state index in [0.29, 0.717) is 6.10 Å². The minimum absolute atomic E-state index is 0.345. The highest BCUT2D eigenvalue weighted by Crippen LogP contribution is 2.22. The van der Waals surface area contributed by atoms with Crippen molar-refractivity contribution in [2.24, 2.45) is 5.92 Å². The van der Waals surface area contributed by atoms with Crippen molar-refractivity contribution < 1.29 is 4.74 Å². The molecule has 0 bridgehead atoms. The molecule has 2 heteroatoms. The Morgan fingerprint density at radius 1 is 1.35 bits per heavy atom. The second kappa shape index (κ2) is 6.06. The lowest BCUT2D eigenvalue weighted by atomic mass is 10.0. The fraction of sp³-hybridized carbons (Fsp3) is 0.600. The molecule has 94 valence electrons. The van der Waals surface area contributed by atoms with Crippen LogP contribution in [-0.2, 0) is 11.2 Å². The largest absolute Gasteiger partial charge is 0.382 e. The van der Waals surface area contributed by atoms with Gasteiger partial charge in [-0.1, -0.05) is 32.0 Å². The summed E-state index contributed by atoms with van der Waals surface area (Å²) < 4.78 is 5.93. The van der Waals surface area contributed by atoms with Gasteiger partial charge in [-0.05, 0) is 30.4 Å². The van der Waals surface area contributed by atoms with Crippen LogP contribution in [0.25, 0.3) is 0 Å². The summed E-state index contributed by atoms with van der Waals surface area (Å²) in [6, 6.07) is 8.51. The normalized spacial score (nSPS) is 18.9. The molecule has 1 aromatic rings. The van der Waals surface area contributed by atoms with Crippen LogP contribution in [-0.4, -0.2) is 19.3 Å². The van der Waals surface area contributed by atoms with Gasteiger partial charge in [0.05, 0.1) is 6.10 Å². The zero-order valence-electron chi connectivity index (χ0n) is 10.9.